The normalized spacial score (nSPS) is 14.4. The molecule has 0 aromatic carbocycles. The van der Waals surface area contributed by atoms with Gasteiger partial charge in [0.05, 0.1) is 12.3 Å². The van der Waals surface area contributed by atoms with Gasteiger partial charge in [-0.15, -0.1) is 0 Å². The summed E-state index contributed by atoms with van der Waals surface area (Å²) in [5, 5.41) is 2.89. The Hall–Kier alpha value is -1.29. The summed E-state index contributed by atoms with van der Waals surface area (Å²) in [5.74, 6) is 1.07. The molecule has 2 atom stereocenters. The molecule has 16 heavy (non-hydrogen) atoms. The van der Waals surface area contributed by atoms with Gasteiger partial charge in [0.25, 0.3) is 0 Å². The van der Waals surface area contributed by atoms with Gasteiger partial charge in [-0.2, -0.15) is 0 Å². The highest BCUT2D eigenvalue weighted by Gasteiger charge is 2.14. The molecule has 0 spiro atoms. The number of rotatable bonds is 6. The van der Waals surface area contributed by atoms with Crippen molar-refractivity contribution in [3.63, 3.8) is 0 Å². The summed E-state index contributed by atoms with van der Waals surface area (Å²) >= 11 is 0. The average Bonchev–Trinajstić information content (AvgIpc) is 2.79. The summed E-state index contributed by atoms with van der Waals surface area (Å²) < 4.78 is 5.21. The van der Waals surface area contributed by atoms with Crippen LogP contribution in [0.25, 0.3) is 0 Å². The zero-order chi connectivity index (χ0) is 12.0. The third-order valence-corrected chi connectivity index (χ3v) is 2.73. The molecule has 90 valence electrons. The van der Waals surface area contributed by atoms with Crippen molar-refractivity contribution < 1.29 is 9.21 Å². The van der Waals surface area contributed by atoms with Gasteiger partial charge in [0.1, 0.15) is 5.76 Å². The van der Waals surface area contributed by atoms with Crippen molar-refractivity contribution in [2.24, 2.45) is 11.7 Å². The van der Waals surface area contributed by atoms with Gasteiger partial charge in [0.15, 0.2) is 0 Å². The molecule has 4 nitrogen and oxygen atoms in total. The van der Waals surface area contributed by atoms with Crippen LogP contribution < -0.4 is 11.1 Å². The quantitative estimate of drug-likeness (QED) is 0.774. The van der Waals surface area contributed by atoms with E-state index in [2.05, 4.69) is 5.32 Å². The van der Waals surface area contributed by atoms with Crippen LogP contribution in [0.4, 0.5) is 0 Å². The molecule has 1 aromatic heterocycles. The summed E-state index contributed by atoms with van der Waals surface area (Å²) in [7, 11) is 0. The fraction of sp³-hybridized carbons (Fsp3) is 0.583. The minimum absolute atomic E-state index is 0.0289. The number of hydrogen-bond acceptors (Lipinski definition) is 3. The molecule has 4 heteroatoms. The number of hydrogen-bond donors (Lipinski definition) is 2. The first-order valence-electron chi connectivity index (χ1n) is 5.70. The molecule has 1 unspecified atom stereocenters. The van der Waals surface area contributed by atoms with Gasteiger partial charge >= 0.3 is 0 Å². The second kappa shape index (κ2) is 6.33. The zero-order valence-electron chi connectivity index (χ0n) is 9.90. The molecule has 0 aliphatic carbocycles. The molecular formula is C12H20N2O2. The van der Waals surface area contributed by atoms with Crippen LogP contribution in [0.2, 0.25) is 0 Å². The molecule has 1 aromatic rings. The Balaban J connectivity index is 2.39. The molecular weight excluding hydrogens is 204 g/mol. The van der Waals surface area contributed by atoms with Gasteiger partial charge in [-0.1, -0.05) is 13.3 Å². The molecule has 3 N–H and O–H groups in total. The van der Waals surface area contributed by atoms with Gasteiger partial charge < -0.3 is 15.5 Å². The number of nitrogens with two attached hydrogens (primary N) is 1. The van der Waals surface area contributed by atoms with Crippen LogP contribution in [0.1, 0.15) is 38.5 Å². The van der Waals surface area contributed by atoms with Crippen LogP contribution in [0, 0.1) is 5.92 Å². The molecule has 0 saturated carbocycles. The van der Waals surface area contributed by atoms with Gasteiger partial charge in [0, 0.05) is 6.42 Å². The van der Waals surface area contributed by atoms with E-state index >= 15 is 0 Å². The van der Waals surface area contributed by atoms with Crippen molar-refractivity contribution in [1.82, 2.24) is 5.32 Å². The van der Waals surface area contributed by atoms with Crippen LogP contribution in [-0.2, 0) is 4.79 Å². The van der Waals surface area contributed by atoms with E-state index in [0.29, 0.717) is 13.0 Å². The van der Waals surface area contributed by atoms with E-state index in [4.69, 9.17) is 10.2 Å². The number of nitrogens with one attached hydrogen (secondary N) is 1. The SMILES string of the molecule is CCC(CN)CC(=O)N[C@H](C)c1ccco1. The predicted molar refractivity (Wildman–Crippen MR) is 62.7 cm³/mol. The molecule has 0 aliphatic rings. The number of amides is 1. The van der Waals surface area contributed by atoms with Crippen LogP contribution in [0.15, 0.2) is 22.8 Å². The number of carbonyl (C=O) groups excluding carboxylic acids is 1. The fourth-order valence-corrected chi connectivity index (χ4v) is 1.57. The minimum Gasteiger partial charge on any atom is -0.467 e. The smallest absolute Gasteiger partial charge is 0.220 e. The third-order valence-electron chi connectivity index (χ3n) is 2.73. The summed E-state index contributed by atoms with van der Waals surface area (Å²) in [6.45, 7) is 4.50. The number of furan rings is 1. The first-order chi connectivity index (χ1) is 7.67. The zero-order valence-corrected chi connectivity index (χ0v) is 9.90. The van der Waals surface area contributed by atoms with Crippen molar-refractivity contribution >= 4 is 5.91 Å². The van der Waals surface area contributed by atoms with Crippen LogP contribution in [0.3, 0.4) is 0 Å². The summed E-state index contributed by atoms with van der Waals surface area (Å²) in [6.07, 6.45) is 3.02. The molecule has 0 fully saturated rings. The molecule has 0 bridgehead atoms. The Kier molecular flexibility index (Phi) is 5.05. The lowest BCUT2D eigenvalue weighted by Gasteiger charge is -2.15. The van der Waals surface area contributed by atoms with Crippen molar-refractivity contribution in [2.75, 3.05) is 6.54 Å². The van der Waals surface area contributed by atoms with E-state index in [9.17, 15) is 4.79 Å². The third kappa shape index (κ3) is 3.70. The van der Waals surface area contributed by atoms with Crippen molar-refractivity contribution in [3.05, 3.63) is 24.2 Å². The molecule has 1 rings (SSSR count). The lowest BCUT2D eigenvalue weighted by atomic mass is 10.0. The highest BCUT2D eigenvalue weighted by molar-refractivity contribution is 5.76. The van der Waals surface area contributed by atoms with Gasteiger partial charge in [-0.25, -0.2) is 0 Å². The standard InChI is InChI=1S/C12H20N2O2/c1-3-10(8-13)7-12(15)14-9(2)11-5-4-6-16-11/h4-6,9-10H,3,7-8,13H2,1-2H3,(H,14,15)/t9-,10?/m1/s1. The molecule has 0 radical (unpaired) electrons. The maximum absolute atomic E-state index is 11.7. The Morgan fingerprint density at radius 2 is 2.38 bits per heavy atom. The summed E-state index contributed by atoms with van der Waals surface area (Å²) in [6, 6.07) is 3.58. The highest BCUT2D eigenvalue weighted by Crippen LogP contribution is 2.13. The van der Waals surface area contributed by atoms with Gasteiger partial charge in [0.2, 0.25) is 5.91 Å². The van der Waals surface area contributed by atoms with E-state index in [1.54, 1.807) is 6.26 Å². The lowest BCUT2D eigenvalue weighted by molar-refractivity contribution is -0.122. The Morgan fingerprint density at radius 1 is 1.62 bits per heavy atom. The Bertz CT molecular complexity index is 305. The summed E-state index contributed by atoms with van der Waals surface area (Å²) in [5.41, 5.74) is 5.56. The molecule has 1 heterocycles. The first kappa shape index (κ1) is 12.8. The maximum Gasteiger partial charge on any atom is 0.220 e. The van der Waals surface area contributed by atoms with Crippen molar-refractivity contribution in [1.29, 1.82) is 0 Å². The molecule has 0 saturated heterocycles. The topological polar surface area (TPSA) is 68.3 Å². The van der Waals surface area contributed by atoms with Gasteiger partial charge in [-0.05, 0) is 31.5 Å². The predicted octanol–water partition coefficient (Wildman–Crippen LogP) is 1.83. The molecule has 0 aliphatic heterocycles. The average molecular weight is 224 g/mol. The largest absolute Gasteiger partial charge is 0.467 e. The highest BCUT2D eigenvalue weighted by atomic mass is 16.3. The monoisotopic (exact) mass is 224 g/mol. The van der Waals surface area contributed by atoms with Crippen LogP contribution in [0.5, 0.6) is 0 Å². The second-order valence-corrected chi connectivity index (χ2v) is 4.02. The summed E-state index contributed by atoms with van der Waals surface area (Å²) in [4.78, 5) is 11.7. The fourth-order valence-electron chi connectivity index (χ4n) is 1.57. The van der Waals surface area contributed by atoms with E-state index < -0.39 is 0 Å². The van der Waals surface area contributed by atoms with Crippen molar-refractivity contribution in [2.45, 2.75) is 32.7 Å². The Morgan fingerprint density at radius 3 is 2.88 bits per heavy atom. The van der Waals surface area contributed by atoms with Crippen LogP contribution in [-0.4, -0.2) is 12.5 Å². The minimum atomic E-state index is -0.0854. The van der Waals surface area contributed by atoms with E-state index in [0.717, 1.165) is 12.2 Å². The number of carbonyl (C=O) groups is 1. The van der Waals surface area contributed by atoms with Crippen molar-refractivity contribution in [3.8, 4) is 0 Å². The van der Waals surface area contributed by atoms with E-state index in [1.807, 2.05) is 26.0 Å². The van der Waals surface area contributed by atoms with E-state index in [1.165, 1.54) is 0 Å². The first-order valence-corrected chi connectivity index (χ1v) is 5.70. The van der Waals surface area contributed by atoms with Crippen LogP contribution >= 0.6 is 0 Å². The lowest BCUT2D eigenvalue weighted by Crippen LogP contribution is -2.29. The molecule has 1 amide bonds. The Labute approximate surface area is 96.2 Å². The second-order valence-electron chi connectivity index (χ2n) is 4.02. The maximum atomic E-state index is 11.7. The van der Waals surface area contributed by atoms with E-state index in [-0.39, 0.29) is 17.9 Å². The van der Waals surface area contributed by atoms with Gasteiger partial charge in [-0.3, -0.25) is 4.79 Å².